The molecule has 1 atom stereocenters. The first kappa shape index (κ1) is 13.6. The smallest absolute Gasteiger partial charge is 0.174 e. The van der Waals surface area contributed by atoms with E-state index in [2.05, 4.69) is 21.6 Å². The summed E-state index contributed by atoms with van der Waals surface area (Å²) < 4.78 is 0.901. The van der Waals surface area contributed by atoms with Crippen LogP contribution in [-0.4, -0.2) is 22.0 Å². The van der Waals surface area contributed by atoms with Crippen LogP contribution in [0.4, 0.5) is 0 Å². The third-order valence-corrected chi connectivity index (χ3v) is 5.27. The van der Waals surface area contributed by atoms with Crippen LogP contribution in [0, 0.1) is 11.3 Å². The van der Waals surface area contributed by atoms with Crippen molar-refractivity contribution in [1.29, 1.82) is 5.26 Å². The van der Waals surface area contributed by atoms with Crippen molar-refractivity contribution in [1.82, 2.24) is 15.5 Å². The molecule has 1 N–H and O–H groups in total. The van der Waals surface area contributed by atoms with E-state index in [1.54, 1.807) is 17.3 Å². The van der Waals surface area contributed by atoms with E-state index in [1.165, 1.54) is 11.3 Å². The molecule has 1 saturated carbocycles. The standard InChI is InChI=1S/C14H14N4S2/c15-8-14(17-12-6-7-12,11-4-2-1-3-5-11)9-19-13-18-16-10-20-13/h1-5,10,12,17H,6-7,9H2. The molecule has 0 saturated heterocycles. The zero-order chi connectivity index (χ0) is 13.8. The topological polar surface area (TPSA) is 61.6 Å². The molecule has 2 aromatic rings. The Morgan fingerprint density at radius 2 is 2.20 bits per heavy atom. The van der Waals surface area contributed by atoms with E-state index >= 15 is 0 Å². The Bertz CT molecular complexity index is 589. The van der Waals surface area contributed by atoms with Crippen LogP contribution in [0.15, 0.2) is 40.2 Å². The highest BCUT2D eigenvalue weighted by atomic mass is 32.2. The fourth-order valence-corrected chi connectivity index (χ4v) is 3.65. The molecule has 1 aromatic carbocycles. The lowest BCUT2D eigenvalue weighted by molar-refractivity contribution is 0.470. The van der Waals surface area contributed by atoms with Crippen molar-refractivity contribution in [3.05, 3.63) is 41.4 Å². The quantitative estimate of drug-likeness (QED) is 0.831. The van der Waals surface area contributed by atoms with E-state index in [4.69, 9.17) is 0 Å². The van der Waals surface area contributed by atoms with Crippen LogP contribution in [0.25, 0.3) is 0 Å². The summed E-state index contributed by atoms with van der Waals surface area (Å²) in [5.74, 6) is 0.638. The van der Waals surface area contributed by atoms with Gasteiger partial charge in [0.15, 0.2) is 4.34 Å². The Morgan fingerprint density at radius 1 is 1.40 bits per heavy atom. The van der Waals surface area contributed by atoms with Crippen LogP contribution in [0.3, 0.4) is 0 Å². The van der Waals surface area contributed by atoms with Crippen LogP contribution < -0.4 is 5.32 Å². The lowest BCUT2D eigenvalue weighted by Crippen LogP contribution is -2.44. The summed E-state index contributed by atoms with van der Waals surface area (Å²) in [4.78, 5) is 0. The van der Waals surface area contributed by atoms with E-state index in [0.29, 0.717) is 11.8 Å². The minimum Gasteiger partial charge on any atom is -0.292 e. The molecule has 0 aliphatic heterocycles. The van der Waals surface area contributed by atoms with Gasteiger partial charge in [-0.3, -0.25) is 5.32 Å². The third-order valence-electron chi connectivity index (χ3n) is 3.24. The second kappa shape index (κ2) is 5.92. The average Bonchev–Trinajstić information content (AvgIpc) is 3.16. The van der Waals surface area contributed by atoms with Gasteiger partial charge in [-0.2, -0.15) is 5.26 Å². The van der Waals surface area contributed by atoms with Crippen molar-refractivity contribution in [3.63, 3.8) is 0 Å². The van der Waals surface area contributed by atoms with E-state index < -0.39 is 5.54 Å². The number of aromatic nitrogens is 2. The number of benzene rings is 1. The van der Waals surface area contributed by atoms with Crippen LogP contribution >= 0.6 is 23.1 Å². The maximum Gasteiger partial charge on any atom is 0.174 e. The minimum atomic E-state index is -0.654. The van der Waals surface area contributed by atoms with Gasteiger partial charge in [-0.25, -0.2) is 0 Å². The lowest BCUT2D eigenvalue weighted by Gasteiger charge is -2.28. The van der Waals surface area contributed by atoms with Gasteiger partial charge in [0.05, 0.1) is 6.07 Å². The fourth-order valence-electron chi connectivity index (χ4n) is 2.03. The summed E-state index contributed by atoms with van der Waals surface area (Å²) in [6, 6.07) is 12.9. The molecule has 102 valence electrons. The van der Waals surface area contributed by atoms with Gasteiger partial charge in [0.25, 0.3) is 0 Å². The highest BCUT2D eigenvalue weighted by Crippen LogP contribution is 2.33. The fraction of sp³-hybridized carbons (Fsp3) is 0.357. The van der Waals surface area contributed by atoms with Gasteiger partial charge < -0.3 is 0 Å². The van der Waals surface area contributed by atoms with Crippen molar-refractivity contribution >= 4 is 23.1 Å². The lowest BCUT2D eigenvalue weighted by atomic mass is 9.93. The second-order valence-electron chi connectivity index (χ2n) is 4.80. The zero-order valence-electron chi connectivity index (χ0n) is 10.8. The van der Waals surface area contributed by atoms with Gasteiger partial charge >= 0.3 is 0 Å². The summed E-state index contributed by atoms with van der Waals surface area (Å²) in [6.45, 7) is 0. The Kier molecular flexibility index (Phi) is 4.01. The molecule has 0 radical (unpaired) electrons. The first-order valence-corrected chi connectivity index (χ1v) is 8.32. The summed E-state index contributed by atoms with van der Waals surface area (Å²) in [6.07, 6.45) is 2.31. The molecule has 1 heterocycles. The Labute approximate surface area is 126 Å². The second-order valence-corrected chi connectivity index (χ2v) is 6.85. The first-order valence-electron chi connectivity index (χ1n) is 6.46. The summed E-state index contributed by atoms with van der Waals surface area (Å²) in [5, 5.41) is 21.2. The van der Waals surface area contributed by atoms with Crippen LogP contribution in [0.5, 0.6) is 0 Å². The Morgan fingerprint density at radius 3 is 2.80 bits per heavy atom. The number of thioether (sulfide) groups is 1. The SMILES string of the molecule is N#CC(CSc1nncs1)(NC1CC1)c1ccccc1. The van der Waals surface area contributed by atoms with Crippen molar-refractivity contribution in [3.8, 4) is 6.07 Å². The predicted molar refractivity (Wildman–Crippen MR) is 80.5 cm³/mol. The van der Waals surface area contributed by atoms with Crippen LogP contribution in [-0.2, 0) is 5.54 Å². The van der Waals surface area contributed by atoms with Crippen LogP contribution in [0.1, 0.15) is 18.4 Å². The number of nitrogens with zero attached hydrogens (tertiary/aromatic N) is 3. The molecule has 1 fully saturated rings. The molecular weight excluding hydrogens is 288 g/mol. The number of hydrogen-bond donors (Lipinski definition) is 1. The maximum atomic E-state index is 9.78. The molecule has 1 aliphatic rings. The van der Waals surface area contributed by atoms with Gasteiger partial charge in [0, 0.05) is 11.8 Å². The number of hydrogen-bond acceptors (Lipinski definition) is 6. The largest absolute Gasteiger partial charge is 0.292 e. The van der Waals surface area contributed by atoms with E-state index in [1.807, 2.05) is 30.3 Å². The molecule has 0 spiro atoms. The monoisotopic (exact) mass is 302 g/mol. The molecule has 1 unspecified atom stereocenters. The molecule has 4 nitrogen and oxygen atoms in total. The molecule has 1 aromatic heterocycles. The molecule has 3 rings (SSSR count). The van der Waals surface area contributed by atoms with Gasteiger partial charge in [0.2, 0.25) is 0 Å². The van der Waals surface area contributed by atoms with Gasteiger partial charge in [0.1, 0.15) is 11.0 Å². The van der Waals surface area contributed by atoms with Crippen molar-refractivity contribution in [2.24, 2.45) is 0 Å². The van der Waals surface area contributed by atoms with E-state index in [9.17, 15) is 5.26 Å². The number of nitrogens with one attached hydrogen (secondary N) is 1. The molecule has 0 amide bonds. The van der Waals surface area contributed by atoms with Gasteiger partial charge in [-0.1, -0.05) is 53.4 Å². The van der Waals surface area contributed by atoms with Crippen molar-refractivity contribution in [2.45, 2.75) is 28.8 Å². The maximum absolute atomic E-state index is 9.78. The highest BCUT2D eigenvalue weighted by molar-refractivity contribution is 8.01. The van der Waals surface area contributed by atoms with E-state index in [-0.39, 0.29) is 0 Å². The summed E-state index contributed by atoms with van der Waals surface area (Å²) in [5.41, 5.74) is 2.08. The zero-order valence-corrected chi connectivity index (χ0v) is 12.5. The Balaban J connectivity index is 1.83. The van der Waals surface area contributed by atoms with E-state index in [0.717, 1.165) is 22.7 Å². The predicted octanol–water partition coefficient (Wildman–Crippen LogP) is 2.80. The summed E-state index contributed by atoms with van der Waals surface area (Å²) in [7, 11) is 0. The number of nitriles is 1. The average molecular weight is 302 g/mol. The number of rotatable bonds is 6. The molecule has 20 heavy (non-hydrogen) atoms. The highest BCUT2D eigenvalue weighted by Gasteiger charge is 2.38. The molecule has 1 aliphatic carbocycles. The summed E-state index contributed by atoms with van der Waals surface area (Å²) >= 11 is 3.09. The molecule has 6 heteroatoms. The normalized spacial score (nSPS) is 17.4. The van der Waals surface area contributed by atoms with Crippen molar-refractivity contribution < 1.29 is 0 Å². The first-order chi connectivity index (χ1) is 9.82. The minimum absolute atomic E-state index is 0.463. The van der Waals surface area contributed by atoms with Crippen LogP contribution in [0.2, 0.25) is 0 Å². The van der Waals surface area contributed by atoms with Gasteiger partial charge in [-0.05, 0) is 18.4 Å². The third kappa shape index (κ3) is 3.01. The molecule has 0 bridgehead atoms. The van der Waals surface area contributed by atoms with Crippen molar-refractivity contribution in [2.75, 3.05) is 5.75 Å². The van der Waals surface area contributed by atoms with Gasteiger partial charge in [-0.15, -0.1) is 10.2 Å². The molecular formula is C14H14N4S2. The Hall–Kier alpha value is -1.42.